The Morgan fingerprint density at radius 1 is 1.04 bits per heavy atom. The van der Waals surface area contributed by atoms with Crippen LogP contribution in [0.3, 0.4) is 0 Å². The van der Waals surface area contributed by atoms with Gasteiger partial charge in [0, 0.05) is 30.6 Å². The first-order chi connectivity index (χ1) is 13.1. The second-order valence-electron chi connectivity index (χ2n) is 6.71. The summed E-state index contributed by atoms with van der Waals surface area (Å²) in [4.78, 5) is 24.5. The molecule has 3 rings (SSSR count). The Morgan fingerprint density at radius 2 is 1.70 bits per heavy atom. The molecule has 0 unspecified atom stereocenters. The van der Waals surface area contributed by atoms with Gasteiger partial charge >= 0.3 is 5.97 Å². The lowest BCUT2D eigenvalue weighted by molar-refractivity contribution is -0.164. The molecule has 2 aromatic rings. The first-order valence-electron chi connectivity index (χ1n) is 9.21. The minimum absolute atomic E-state index is 0.128. The predicted octanol–water partition coefficient (Wildman–Crippen LogP) is 2.21. The van der Waals surface area contributed by atoms with Crippen LogP contribution in [0.2, 0.25) is 0 Å². The van der Waals surface area contributed by atoms with Crippen molar-refractivity contribution in [3.05, 3.63) is 65.7 Å². The fourth-order valence-electron chi connectivity index (χ4n) is 3.31. The van der Waals surface area contributed by atoms with Gasteiger partial charge in [-0.25, -0.2) is 0 Å². The number of hydrogen-bond acceptors (Lipinski definition) is 5. The summed E-state index contributed by atoms with van der Waals surface area (Å²) in [6.07, 6.45) is 1.60. The Labute approximate surface area is 159 Å². The van der Waals surface area contributed by atoms with Gasteiger partial charge in [0.15, 0.2) is 0 Å². The third-order valence-corrected chi connectivity index (χ3v) is 4.81. The standard InChI is InChI=1S/C21H25N3O3/c22-18-8-6-16(7-9-18)20(26)24-13-10-19(25)27-21(11-14-23-15-12-21)17-4-2-1-3-5-17/h1-9,23H,10-15,22H2,(H,24,26). The zero-order valence-electron chi connectivity index (χ0n) is 15.2. The summed E-state index contributed by atoms with van der Waals surface area (Å²) >= 11 is 0. The van der Waals surface area contributed by atoms with E-state index in [1.165, 1.54) is 0 Å². The van der Waals surface area contributed by atoms with E-state index in [0.29, 0.717) is 11.3 Å². The summed E-state index contributed by atoms with van der Waals surface area (Å²) in [7, 11) is 0. The summed E-state index contributed by atoms with van der Waals surface area (Å²) in [5, 5.41) is 6.05. The lowest BCUT2D eigenvalue weighted by Gasteiger charge is -2.37. The number of rotatable bonds is 6. The van der Waals surface area contributed by atoms with E-state index in [-0.39, 0.29) is 24.8 Å². The molecule has 1 amide bonds. The highest BCUT2D eigenvalue weighted by molar-refractivity contribution is 5.94. The summed E-state index contributed by atoms with van der Waals surface area (Å²) < 4.78 is 5.92. The molecule has 0 bridgehead atoms. The topological polar surface area (TPSA) is 93.5 Å². The van der Waals surface area contributed by atoms with Crippen LogP contribution in [0.25, 0.3) is 0 Å². The predicted molar refractivity (Wildman–Crippen MR) is 104 cm³/mol. The number of carbonyl (C=O) groups excluding carboxylic acids is 2. The van der Waals surface area contributed by atoms with E-state index in [1.807, 2.05) is 30.3 Å². The molecule has 1 heterocycles. The fourth-order valence-corrected chi connectivity index (χ4v) is 3.31. The molecule has 6 heteroatoms. The maximum atomic E-state index is 12.4. The summed E-state index contributed by atoms with van der Waals surface area (Å²) in [6.45, 7) is 1.83. The second kappa shape index (κ2) is 8.68. The first kappa shape index (κ1) is 18.9. The van der Waals surface area contributed by atoms with Gasteiger partial charge in [0.1, 0.15) is 5.60 Å². The summed E-state index contributed by atoms with van der Waals surface area (Å²) in [5.41, 5.74) is 7.16. The van der Waals surface area contributed by atoms with Crippen LogP contribution in [0, 0.1) is 0 Å². The molecule has 2 aromatic carbocycles. The van der Waals surface area contributed by atoms with Crippen molar-refractivity contribution in [2.75, 3.05) is 25.4 Å². The van der Waals surface area contributed by atoms with Crippen LogP contribution in [0.1, 0.15) is 35.2 Å². The Kier molecular flexibility index (Phi) is 6.08. The third kappa shape index (κ3) is 4.86. The minimum Gasteiger partial charge on any atom is -0.454 e. The van der Waals surface area contributed by atoms with Crippen LogP contribution >= 0.6 is 0 Å². The van der Waals surface area contributed by atoms with E-state index in [0.717, 1.165) is 31.5 Å². The molecule has 142 valence electrons. The number of amides is 1. The quantitative estimate of drug-likeness (QED) is 0.538. The normalized spacial score (nSPS) is 15.7. The average molecular weight is 367 g/mol. The van der Waals surface area contributed by atoms with Crippen molar-refractivity contribution in [3.63, 3.8) is 0 Å². The van der Waals surface area contributed by atoms with Gasteiger partial charge in [0.25, 0.3) is 5.91 Å². The number of nitrogens with two attached hydrogens (primary N) is 1. The fraction of sp³-hybridized carbons (Fsp3) is 0.333. The van der Waals surface area contributed by atoms with Crippen LogP contribution < -0.4 is 16.4 Å². The van der Waals surface area contributed by atoms with Crippen molar-refractivity contribution in [2.24, 2.45) is 0 Å². The van der Waals surface area contributed by atoms with Gasteiger partial charge in [-0.3, -0.25) is 9.59 Å². The summed E-state index contributed by atoms with van der Waals surface area (Å²) in [5.74, 6) is -0.541. The van der Waals surface area contributed by atoms with Crippen LogP contribution in [0.15, 0.2) is 54.6 Å². The van der Waals surface area contributed by atoms with E-state index in [4.69, 9.17) is 10.5 Å². The lowest BCUT2D eigenvalue weighted by atomic mass is 9.85. The molecule has 1 aliphatic rings. The smallest absolute Gasteiger partial charge is 0.308 e. The maximum Gasteiger partial charge on any atom is 0.308 e. The van der Waals surface area contributed by atoms with Crippen LogP contribution in [0.4, 0.5) is 5.69 Å². The number of esters is 1. The number of benzene rings is 2. The van der Waals surface area contributed by atoms with Gasteiger partial charge in [-0.15, -0.1) is 0 Å². The van der Waals surface area contributed by atoms with Crippen LogP contribution in [0.5, 0.6) is 0 Å². The zero-order valence-corrected chi connectivity index (χ0v) is 15.2. The van der Waals surface area contributed by atoms with E-state index < -0.39 is 5.60 Å². The molecule has 1 saturated heterocycles. The number of nitrogens with one attached hydrogen (secondary N) is 2. The molecule has 0 radical (unpaired) electrons. The molecule has 0 atom stereocenters. The number of anilines is 1. The maximum absolute atomic E-state index is 12.4. The highest BCUT2D eigenvalue weighted by atomic mass is 16.6. The highest BCUT2D eigenvalue weighted by Crippen LogP contribution is 2.35. The molecule has 6 nitrogen and oxygen atoms in total. The Hall–Kier alpha value is -2.86. The van der Waals surface area contributed by atoms with Crippen molar-refractivity contribution in [1.82, 2.24) is 10.6 Å². The van der Waals surface area contributed by atoms with Crippen molar-refractivity contribution in [3.8, 4) is 0 Å². The minimum atomic E-state index is -0.593. The van der Waals surface area contributed by atoms with E-state index in [1.54, 1.807) is 24.3 Å². The summed E-state index contributed by atoms with van der Waals surface area (Å²) in [6, 6.07) is 16.5. The number of hydrogen-bond donors (Lipinski definition) is 3. The van der Waals surface area contributed by atoms with Gasteiger partial charge in [-0.1, -0.05) is 30.3 Å². The third-order valence-electron chi connectivity index (χ3n) is 4.81. The molecule has 27 heavy (non-hydrogen) atoms. The number of nitrogen functional groups attached to an aromatic ring is 1. The molecular formula is C21H25N3O3. The molecular weight excluding hydrogens is 342 g/mol. The zero-order chi connectivity index (χ0) is 19.1. The van der Waals surface area contributed by atoms with Crippen molar-refractivity contribution >= 4 is 17.6 Å². The SMILES string of the molecule is Nc1ccc(C(=O)NCCC(=O)OC2(c3ccccc3)CCNCC2)cc1. The van der Waals surface area contributed by atoms with Crippen LogP contribution in [-0.2, 0) is 15.1 Å². The highest BCUT2D eigenvalue weighted by Gasteiger charge is 2.37. The average Bonchev–Trinajstić information content (AvgIpc) is 2.70. The monoisotopic (exact) mass is 367 g/mol. The first-order valence-corrected chi connectivity index (χ1v) is 9.21. The molecule has 0 spiro atoms. The number of ether oxygens (including phenoxy) is 1. The Bertz CT molecular complexity index is 769. The molecule has 1 aliphatic heterocycles. The van der Waals surface area contributed by atoms with E-state index in [9.17, 15) is 9.59 Å². The van der Waals surface area contributed by atoms with Gasteiger partial charge in [-0.2, -0.15) is 0 Å². The number of piperidine rings is 1. The van der Waals surface area contributed by atoms with E-state index >= 15 is 0 Å². The Morgan fingerprint density at radius 3 is 2.37 bits per heavy atom. The molecule has 1 fully saturated rings. The lowest BCUT2D eigenvalue weighted by Crippen LogP contribution is -2.43. The molecule has 0 aliphatic carbocycles. The van der Waals surface area contributed by atoms with Crippen molar-refractivity contribution in [1.29, 1.82) is 0 Å². The number of carbonyl (C=O) groups is 2. The van der Waals surface area contributed by atoms with Gasteiger partial charge in [-0.05, 0) is 42.9 Å². The molecule has 0 aromatic heterocycles. The van der Waals surface area contributed by atoms with Crippen molar-refractivity contribution in [2.45, 2.75) is 24.9 Å². The molecule has 0 saturated carbocycles. The second-order valence-corrected chi connectivity index (χ2v) is 6.71. The largest absolute Gasteiger partial charge is 0.454 e. The van der Waals surface area contributed by atoms with Gasteiger partial charge in [0.2, 0.25) is 0 Å². The Balaban J connectivity index is 1.55. The van der Waals surface area contributed by atoms with Crippen molar-refractivity contribution < 1.29 is 14.3 Å². The van der Waals surface area contributed by atoms with Gasteiger partial charge in [0.05, 0.1) is 6.42 Å². The van der Waals surface area contributed by atoms with Gasteiger partial charge < -0.3 is 21.1 Å². The van der Waals surface area contributed by atoms with Crippen LogP contribution in [-0.4, -0.2) is 31.5 Å². The molecule has 4 N–H and O–H groups in total. The van der Waals surface area contributed by atoms with E-state index in [2.05, 4.69) is 10.6 Å².